The van der Waals surface area contributed by atoms with Crippen LogP contribution in [0.25, 0.3) is 0 Å². The Morgan fingerprint density at radius 3 is 1.56 bits per heavy atom. The first kappa shape index (κ1) is 24.4. The highest BCUT2D eigenvalue weighted by molar-refractivity contribution is 8.32. The van der Waals surface area contributed by atoms with Crippen molar-refractivity contribution in [3.63, 3.8) is 0 Å². The second-order valence-corrected chi connectivity index (χ2v) is 14.6. The zero-order valence-electron chi connectivity index (χ0n) is 20.5. The van der Waals surface area contributed by atoms with E-state index in [1.807, 2.05) is 36.4 Å². The molecule has 4 aromatic carbocycles. The summed E-state index contributed by atoms with van der Waals surface area (Å²) in [6, 6.07) is 35.6. The topological polar surface area (TPSA) is 17.1 Å². The van der Waals surface area contributed by atoms with Crippen molar-refractivity contribution >= 4 is 27.6 Å². The van der Waals surface area contributed by atoms with E-state index in [1.165, 1.54) is 20.2 Å². The molecule has 0 N–H and O–H groups in total. The molecule has 0 saturated heterocycles. The summed E-state index contributed by atoms with van der Waals surface area (Å²) < 4.78 is 0. The van der Waals surface area contributed by atoms with E-state index >= 15 is 0 Å². The van der Waals surface area contributed by atoms with Crippen molar-refractivity contribution in [3.05, 3.63) is 120 Å². The van der Waals surface area contributed by atoms with Crippen molar-refractivity contribution in [3.8, 4) is 0 Å². The van der Waals surface area contributed by atoms with E-state index in [0.29, 0.717) is 0 Å². The summed E-state index contributed by atoms with van der Waals surface area (Å²) in [6.07, 6.45) is 4.69. The first-order valence-electron chi connectivity index (χ1n) is 11.5. The highest BCUT2D eigenvalue weighted by Gasteiger charge is 2.17. The third-order valence-corrected chi connectivity index (χ3v) is 10.0. The molecule has 0 aliphatic rings. The molecule has 0 aromatic heterocycles. The van der Waals surface area contributed by atoms with Gasteiger partial charge in [-0.2, -0.15) is 10.0 Å². The van der Waals surface area contributed by atoms with Gasteiger partial charge in [0.25, 0.3) is 0 Å². The highest BCUT2D eigenvalue weighted by Crippen LogP contribution is 2.56. The van der Waals surface area contributed by atoms with Crippen LogP contribution in [0.2, 0.25) is 0 Å². The number of ketones is 1. The molecule has 3 heteroatoms. The van der Waals surface area contributed by atoms with Gasteiger partial charge in [-0.25, -0.2) is 0 Å². The summed E-state index contributed by atoms with van der Waals surface area (Å²) in [7, 11) is -1.03. The molecule has 4 aromatic rings. The van der Waals surface area contributed by atoms with E-state index in [2.05, 4.69) is 100 Å². The van der Waals surface area contributed by atoms with Crippen molar-refractivity contribution in [2.75, 3.05) is 12.5 Å². The molecule has 0 saturated carbocycles. The molecule has 1 nitrogen and oxygen atoms in total. The lowest BCUT2D eigenvalue weighted by atomic mass is 9.86. The number of carbonyl (C=O) groups is 1. The second-order valence-electron chi connectivity index (χ2n) is 9.89. The molecule has 0 bridgehead atoms. The molecule has 0 aliphatic carbocycles. The summed E-state index contributed by atoms with van der Waals surface area (Å²) in [5.41, 5.74) is 2.76. The van der Waals surface area contributed by atoms with E-state index in [9.17, 15) is 4.79 Å². The van der Waals surface area contributed by atoms with Gasteiger partial charge in [0, 0.05) is 20.9 Å². The Labute approximate surface area is 210 Å². The van der Waals surface area contributed by atoms with Gasteiger partial charge in [-0.3, -0.25) is 4.79 Å². The molecule has 174 valence electrons. The number of rotatable bonds is 6. The Morgan fingerprint density at radius 1 is 0.618 bits per heavy atom. The average molecular weight is 485 g/mol. The molecule has 0 atom stereocenters. The highest BCUT2D eigenvalue weighted by atomic mass is 32.3. The van der Waals surface area contributed by atoms with E-state index in [0.717, 1.165) is 16.0 Å². The third kappa shape index (κ3) is 5.48. The Hall–Kier alpha value is -2.75. The van der Waals surface area contributed by atoms with Crippen LogP contribution in [0.5, 0.6) is 0 Å². The summed E-state index contributed by atoms with van der Waals surface area (Å²) >= 11 is 1.72. The summed E-state index contributed by atoms with van der Waals surface area (Å²) in [5.74, 6) is 0.0625. The second kappa shape index (κ2) is 9.85. The minimum atomic E-state index is -1.03. The molecule has 34 heavy (non-hydrogen) atoms. The van der Waals surface area contributed by atoms with Crippen molar-refractivity contribution in [2.45, 2.75) is 45.8 Å². The predicted octanol–water partition coefficient (Wildman–Crippen LogP) is 8.85. The summed E-state index contributed by atoms with van der Waals surface area (Å²) in [4.78, 5) is 18.0. The van der Waals surface area contributed by atoms with Crippen LogP contribution in [0.4, 0.5) is 0 Å². The molecule has 4 rings (SSSR count). The van der Waals surface area contributed by atoms with E-state index in [-0.39, 0.29) is 11.2 Å². The van der Waals surface area contributed by atoms with Gasteiger partial charge >= 0.3 is 0 Å². The fourth-order valence-electron chi connectivity index (χ4n) is 3.84. The quantitative estimate of drug-likeness (QED) is 0.254. The van der Waals surface area contributed by atoms with Gasteiger partial charge in [-0.15, -0.1) is 0 Å². The van der Waals surface area contributed by atoms with Crippen LogP contribution in [-0.2, 0) is 5.41 Å². The SMILES string of the molecule is CC(C)(C)c1ccc(C(=O)c2ccc(Sc3ccc(S(C)(C)c4ccccc4)cc3)cc2)cc1. The van der Waals surface area contributed by atoms with Crippen LogP contribution in [-0.4, -0.2) is 18.3 Å². The number of hydrogen-bond acceptors (Lipinski definition) is 2. The number of hydrogen-bond donors (Lipinski definition) is 0. The van der Waals surface area contributed by atoms with Crippen molar-refractivity contribution < 1.29 is 4.79 Å². The Bertz CT molecular complexity index is 1250. The summed E-state index contributed by atoms with van der Waals surface area (Å²) in [5, 5.41) is 0. The Balaban J connectivity index is 1.44. The number of benzene rings is 4. The van der Waals surface area contributed by atoms with Crippen LogP contribution in [0.1, 0.15) is 42.3 Å². The van der Waals surface area contributed by atoms with Crippen molar-refractivity contribution in [1.82, 2.24) is 0 Å². The standard InChI is InChI=1S/C31H32OS2/c1-31(2,3)25-15-11-23(12-16-25)30(32)24-13-17-26(18-14-24)33-27-19-21-29(22-20-27)34(4,5)28-9-7-6-8-10-28/h6-22H,1-5H3. The zero-order valence-corrected chi connectivity index (χ0v) is 22.2. The van der Waals surface area contributed by atoms with Crippen LogP contribution >= 0.6 is 21.8 Å². The van der Waals surface area contributed by atoms with Crippen LogP contribution in [0, 0.1) is 0 Å². The van der Waals surface area contributed by atoms with Crippen molar-refractivity contribution in [1.29, 1.82) is 0 Å². The Kier molecular flexibility index (Phi) is 7.06. The third-order valence-electron chi connectivity index (χ3n) is 6.11. The molecule has 0 amide bonds. The van der Waals surface area contributed by atoms with Crippen LogP contribution in [0.15, 0.2) is 123 Å². The fourth-order valence-corrected chi connectivity index (χ4v) is 6.59. The van der Waals surface area contributed by atoms with E-state index < -0.39 is 10.0 Å². The minimum absolute atomic E-state index is 0.0625. The monoisotopic (exact) mass is 484 g/mol. The van der Waals surface area contributed by atoms with E-state index in [4.69, 9.17) is 0 Å². The lowest BCUT2D eigenvalue weighted by Crippen LogP contribution is -2.11. The van der Waals surface area contributed by atoms with Gasteiger partial charge < -0.3 is 0 Å². The fraction of sp³-hybridized carbons (Fsp3) is 0.194. The smallest absolute Gasteiger partial charge is 0.193 e. The van der Waals surface area contributed by atoms with Gasteiger partial charge in [0.2, 0.25) is 0 Å². The predicted molar refractivity (Wildman–Crippen MR) is 148 cm³/mol. The van der Waals surface area contributed by atoms with Crippen LogP contribution in [0.3, 0.4) is 0 Å². The minimum Gasteiger partial charge on any atom is -0.289 e. The normalized spacial score (nSPS) is 12.4. The van der Waals surface area contributed by atoms with Crippen LogP contribution < -0.4 is 0 Å². The summed E-state index contributed by atoms with van der Waals surface area (Å²) in [6.45, 7) is 6.54. The molecule has 0 unspecified atom stereocenters. The number of carbonyl (C=O) groups excluding carboxylic acids is 1. The van der Waals surface area contributed by atoms with Gasteiger partial charge in [0.05, 0.1) is 0 Å². The maximum atomic E-state index is 12.9. The lowest BCUT2D eigenvalue weighted by molar-refractivity contribution is 0.103. The molecule has 0 spiro atoms. The van der Waals surface area contributed by atoms with E-state index in [1.54, 1.807) is 11.8 Å². The zero-order chi connectivity index (χ0) is 24.3. The van der Waals surface area contributed by atoms with Gasteiger partial charge in [-0.1, -0.05) is 75.0 Å². The molecule has 0 aliphatic heterocycles. The Morgan fingerprint density at radius 2 is 1.06 bits per heavy atom. The molecule has 0 heterocycles. The first-order chi connectivity index (χ1) is 16.1. The largest absolute Gasteiger partial charge is 0.289 e. The molecule has 0 radical (unpaired) electrons. The molecule has 0 fully saturated rings. The average Bonchev–Trinajstić information content (AvgIpc) is 2.84. The maximum absolute atomic E-state index is 12.9. The van der Waals surface area contributed by atoms with Crippen molar-refractivity contribution in [2.24, 2.45) is 0 Å². The lowest BCUT2D eigenvalue weighted by Gasteiger charge is -2.32. The first-order valence-corrected chi connectivity index (χ1v) is 14.7. The van der Waals surface area contributed by atoms with Gasteiger partial charge in [0.15, 0.2) is 5.78 Å². The maximum Gasteiger partial charge on any atom is 0.193 e. The van der Waals surface area contributed by atoms with Gasteiger partial charge in [0.1, 0.15) is 0 Å². The molecular weight excluding hydrogens is 452 g/mol. The molecular formula is C31H32OS2. The van der Waals surface area contributed by atoms with Gasteiger partial charge in [-0.05, 0) is 93.9 Å².